The first-order valence-electron chi connectivity index (χ1n) is 9.50. The number of carbonyl (C=O) groups excluding carboxylic acids is 1. The van der Waals surface area contributed by atoms with Crippen molar-refractivity contribution in [3.8, 4) is 0 Å². The number of hydrogen-bond donors (Lipinski definition) is 2. The molecule has 0 radical (unpaired) electrons. The van der Waals surface area contributed by atoms with E-state index in [4.69, 9.17) is 5.11 Å². The number of nitrogens with one attached hydrogen (secondary N) is 1. The fraction of sp³-hybridized carbons (Fsp3) is 0.450. The number of aliphatic hydroxyl groups excluding tert-OH is 1. The van der Waals surface area contributed by atoms with Crippen molar-refractivity contribution >= 4 is 22.5 Å². The first-order valence-corrected chi connectivity index (χ1v) is 9.50. The number of aromatic nitrogens is 3. The molecule has 142 valence electrons. The van der Waals surface area contributed by atoms with Crippen molar-refractivity contribution in [3.63, 3.8) is 0 Å². The molecule has 1 aliphatic carbocycles. The molecule has 0 atom stereocenters. The molecule has 0 aliphatic heterocycles. The van der Waals surface area contributed by atoms with Gasteiger partial charge in [0.25, 0.3) is 11.5 Å². The zero-order chi connectivity index (χ0) is 19.0. The SMILES string of the molecule is CN(CCO)C(=O)c1ccc2[nH]c(=O)c3cnc(C4CCCCC4)n3c2c1. The van der Waals surface area contributed by atoms with Crippen LogP contribution in [0.1, 0.15) is 54.2 Å². The molecule has 4 rings (SSSR count). The molecule has 2 heterocycles. The fourth-order valence-electron chi connectivity index (χ4n) is 4.04. The van der Waals surface area contributed by atoms with Gasteiger partial charge in [-0.15, -0.1) is 0 Å². The first-order chi connectivity index (χ1) is 13.1. The van der Waals surface area contributed by atoms with Crippen LogP contribution in [0.5, 0.6) is 0 Å². The average Bonchev–Trinajstić information content (AvgIpc) is 3.14. The van der Waals surface area contributed by atoms with Crippen LogP contribution in [0.3, 0.4) is 0 Å². The minimum atomic E-state index is -0.173. The minimum absolute atomic E-state index is 0.0826. The number of likely N-dealkylation sites (N-methyl/N-ethyl adjacent to an activating group) is 1. The van der Waals surface area contributed by atoms with Crippen LogP contribution < -0.4 is 5.56 Å². The van der Waals surface area contributed by atoms with Crippen LogP contribution in [-0.4, -0.2) is 50.5 Å². The second-order valence-electron chi connectivity index (χ2n) is 7.31. The lowest BCUT2D eigenvalue weighted by Gasteiger charge is -2.21. The number of H-pyrrole nitrogens is 1. The van der Waals surface area contributed by atoms with E-state index in [0.717, 1.165) is 24.2 Å². The topological polar surface area (TPSA) is 90.7 Å². The summed E-state index contributed by atoms with van der Waals surface area (Å²) in [5.74, 6) is 1.08. The Morgan fingerprint density at radius 2 is 2.07 bits per heavy atom. The van der Waals surface area contributed by atoms with Gasteiger partial charge in [0.1, 0.15) is 11.3 Å². The highest BCUT2D eigenvalue weighted by molar-refractivity contribution is 5.97. The van der Waals surface area contributed by atoms with Crippen LogP contribution in [0.2, 0.25) is 0 Å². The van der Waals surface area contributed by atoms with E-state index in [1.807, 2.05) is 10.5 Å². The Balaban J connectivity index is 1.89. The number of nitrogens with zero attached hydrogens (tertiary/aromatic N) is 3. The Labute approximate surface area is 156 Å². The van der Waals surface area contributed by atoms with E-state index in [-0.39, 0.29) is 24.6 Å². The summed E-state index contributed by atoms with van der Waals surface area (Å²) in [6, 6.07) is 5.28. The van der Waals surface area contributed by atoms with Gasteiger partial charge in [-0.25, -0.2) is 4.98 Å². The predicted molar refractivity (Wildman–Crippen MR) is 103 cm³/mol. The number of imidazole rings is 1. The number of aliphatic hydroxyl groups is 1. The predicted octanol–water partition coefficient (Wildman–Crippen LogP) is 2.29. The number of hydrogen-bond acceptors (Lipinski definition) is 4. The molecule has 7 heteroatoms. The third-order valence-corrected chi connectivity index (χ3v) is 5.51. The molecule has 0 saturated heterocycles. The van der Waals surface area contributed by atoms with E-state index < -0.39 is 0 Å². The number of benzene rings is 1. The third-order valence-electron chi connectivity index (χ3n) is 5.51. The van der Waals surface area contributed by atoms with Gasteiger partial charge >= 0.3 is 0 Å². The van der Waals surface area contributed by atoms with Crippen molar-refractivity contribution in [2.24, 2.45) is 0 Å². The molecule has 1 aliphatic rings. The van der Waals surface area contributed by atoms with Crippen LogP contribution in [0.15, 0.2) is 29.2 Å². The molecular weight excluding hydrogens is 344 g/mol. The second kappa shape index (κ2) is 7.15. The smallest absolute Gasteiger partial charge is 0.274 e. The van der Waals surface area contributed by atoms with E-state index in [0.29, 0.717) is 22.5 Å². The quantitative estimate of drug-likeness (QED) is 0.739. The molecule has 7 nitrogen and oxygen atoms in total. The lowest BCUT2D eigenvalue weighted by atomic mass is 9.88. The minimum Gasteiger partial charge on any atom is -0.395 e. The summed E-state index contributed by atoms with van der Waals surface area (Å²) in [5, 5.41) is 9.08. The molecule has 2 N–H and O–H groups in total. The normalized spacial score (nSPS) is 15.5. The van der Waals surface area contributed by atoms with Crippen LogP contribution in [-0.2, 0) is 0 Å². The summed E-state index contributed by atoms with van der Waals surface area (Å²) in [5.41, 5.74) is 2.33. The molecule has 1 saturated carbocycles. The van der Waals surface area contributed by atoms with Gasteiger partial charge in [-0.2, -0.15) is 0 Å². The first kappa shape index (κ1) is 17.7. The van der Waals surface area contributed by atoms with Gasteiger partial charge in [0, 0.05) is 25.1 Å². The molecular formula is C20H24N4O3. The van der Waals surface area contributed by atoms with Crippen LogP contribution in [0.4, 0.5) is 0 Å². The van der Waals surface area contributed by atoms with E-state index in [1.54, 1.807) is 25.4 Å². The molecule has 1 aromatic carbocycles. The fourth-order valence-corrected chi connectivity index (χ4v) is 4.04. The Morgan fingerprint density at radius 1 is 1.30 bits per heavy atom. The summed E-state index contributed by atoms with van der Waals surface area (Å²) in [4.78, 5) is 34.1. The summed E-state index contributed by atoms with van der Waals surface area (Å²) < 4.78 is 1.92. The summed E-state index contributed by atoms with van der Waals surface area (Å²) in [6.45, 7) is 0.192. The molecule has 27 heavy (non-hydrogen) atoms. The van der Waals surface area contributed by atoms with Crippen LogP contribution in [0, 0.1) is 0 Å². The van der Waals surface area contributed by atoms with Crippen molar-refractivity contribution in [2.75, 3.05) is 20.2 Å². The van der Waals surface area contributed by atoms with E-state index in [1.165, 1.54) is 24.2 Å². The van der Waals surface area contributed by atoms with Crippen molar-refractivity contribution < 1.29 is 9.90 Å². The van der Waals surface area contributed by atoms with Gasteiger partial charge in [0.05, 0.1) is 23.8 Å². The largest absolute Gasteiger partial charge is 0.395 e. The van der Waals surface area contributed by atoms with Crippen LogP contribution in [0.25, 0.3) is 16.6 Å². The summed E-state index contributed by atoms with van der Waals surface area (Å²) in [7, 11) is 1.66. The van der Waals surface area contributed by atoms with E-state index in [2.05, 4.69) is 9.97 Å². The lowest BCUT2D eigenvalue weighted by Crippen LogP contribution is -2.29. The number of carbonyl (C=O) groups is 1. The highest BCUT2D eigenvalue weighted by Gasteiger charge is 2.22. The Bertz CT molecular complexity index is 1050. The average molecular weight is 368 g/mol. The van der Waals surface area contributed by atoms with Crippen molar-refractivity contribution in [2.45, 2.75) is 38.0 Å². The maximum Gasteiger partial charge on any atom is 0.274 e. The molecule has 0 unspecified atom stereocenters. The van der Waals surface area contributed by atoms with Gasteiger partial charge in [0.15, 0.2) is 0 Å². The highest BCUT2D eigenvalue weighted by atomic mass is 16.3. The number of fused-ring (bicyclic) bond motifs is 3. The lowest BCUT2D eigenvalue weighted by molar-refractivity contribution is 0.0767. The van der Waals surface area contributed by atoms with Gasteiger partial charge < -0.3 is 15.0 Å². The van der Waals surface area contributed by atoms with Gasteiger partial charge in [-0.1, -0.05) is 19.3 Å². The maximum absolute atomic E-state index is 12.6. The van der Waals surface area contributed by atoms with Crippen LogP contribution >= 0.6 is 0 Å². The molecule has 0 spiro atoms. The zero-order valence-corrected chi connectivity index (χ0v) is 15.4. The molecule has 2 aromatic heterocycles. The van der Waals surface area contributed by atoms with E-state index >= 15 is 0 Å². The monoisotopic (exact) mass is 368 g/mol. The number of amides is 1. The summed E-state index contributed by atoms with van der Waals surface area (Å²) >= 11 is 0. The Kier molecular flexibility index (Phi) is 4.70. The van der Waals surface area contributed by atoms with Crippen molar-refractivity contribution in [3.05, 3.63) is 46.1 Å². The summed E-state index contributed by atoms with van der Waals surface area (Å²) in [6.07, 6.45) is 7.38. The van der Waals surface area contributed by atoms with Crippen molar-refractivity contribution in [1.29, 1.82) is 0 Å². The van der Waals surface area contributed by atoms with Gasteiger partial charge in [0.2, 0.25) is 0 Å². The van der Waals surface area contributed by atoms with E-state index in [9.17, 15) is 9.59 Å². The standard InChI is InChI=1S/C20H24N4O3/c1-23(9-10-25)20(27)14-7-8-15-16(11-14)24-17(19(26)22-15)12-21-18(24)13-5-3-2-4-6-13/h7-8,11-13,25H,2-6,9-10H2,1H3,(H,22,26). The maximum atomic E-state index is 12.6. The molecule has 0 bridgehead atoms. The second-order valence-corrected chi connectivity index (χ2v) is 7.31. The van der Waals surface area contributed by atoms with Gasteiger partial charge in [-0.05, 0) is 31.0 Å². The zero-order valence-electron chi connectivity index (χ0n) is 15.4. The van der Waals surface area contributed by atoms with Crippen molar-refractivity contribution in [1.82, 2.24) is 19.3 Å². The molecule has 3 aromatic rings. The number of rotatable bonds is 4. The van der Waals surface area contributed by atoms with Gasteiger partial charge in [-0.3, -0.25) is 14.0 Å². The Morgan fingerprint density at radius 3 is 2.81 bits per heavy atom. The number of aromatic amines is 1. The highest BCUT2D eigenvalue weighted by Crippen LogP contribution is 2.33. The molecule has 1 amide bonds. The third kappa shape index (κ3) is 3.12. The molecule has 1 fully saturated rings. The Hall–Kier alpha value is -2.67.